The molecule has 0 aliphatic heterocycles. The van der Waals surface area contributed by atoms with Crippen LogP contribution in [0.4, 0.5) is 0 Å². The molecule has 3 aromatic carbocycles. The number of aromatic nitrogens is 1. The summed E-state index contributed by atoms with van der Waals surface area (Å²) in [6.45, 7) is 1.83. The van der Waals surface area contributed by atoms with Crippen molar-refractivity contribution in [3.05, 3.63) is 101 Å². The Labute approximate surface area is 228 Å². The lowest BCUT2D eigenvalue weighted by molar-refractivity contribution is -0.140. The van der Waals surface area contributed by atoms with E-state index in [1.807, 2.05) is 73.7 Å². The topological polar surface area (TPSA) is 110 Å². The lowest BCUT2D eigenvalue weighted by atomic mass is 9.93. The zero-order chi connectivity index (χ0) is 27.6. The third-order valence-electron chi connectivity index (χ3n) is 7.49. The van der Waals surface area contributed by atoms with Crippen molar-refractivity contribution in [2.24, 2.45) is 0 Å². The first kappa shape index (κ1) is 26.8. The van der Waals surface area contributed by atoms with Gasteiger partial charge in [-0.3, -0.25) is 4.79 Å². The summed E-state index contributed by atoms with van der Waals surface area (Å²) in [6.07, 6.45) is 4.75. The van der Waals surface area contributed by atoms with Crippen molar-refractivity contribution in [1.82, 2.24) is 9.88 Å². The Bertz CT molecular complexity index is 1560. The van der Waals surface area contributed by atoms with E-state index in [0.717, 1.165) is 40.7 Å². The monoisotopic (exact) mass is 544 g/mol. The second kappa shape index (κ2) is 10.8. The molecule has 0 amide bonds. The lowest BCUT2D eigenvalue weighted by Gasteiger charge is -2.18. The van der Waals surface area contributed by atoms with Gasteiger partial charge in [0.1, 0.15) is 0 Å². The smallest absolute Gasteiger partial charge is 0.314 e. The predicted molar refractivity (Wildman–Crippen MR) is 151 cm³/mol. The Kier molecular flexibility index (Phi) is 7.42. The van der Waals surface area contributed by atoms with E-state index in [1.165, 1.54) is 11.8 Å². The van der Waals surface area contributed by atoms with Crippen LogP contribution in [0.15, 0.2) is 83.4 Å². The van der Waals surface area contributed by atoms with Crippen LogP contribution in [-0.2, 0) is 26.7 Å². The van der Waals surface area contributed by atoms with E-state index in [9.17, 15) is 18.3 Å². The first-order valence-corrected chi connectivity index (χ1v) is 15.0. The molecule has 1 unspecified atom stereocenters. The standard InChI is InChI=1S/C31H32N2O5S/c1-21-28(27(33-39(2,36)37)10-6-9-22-7-4-3-5-8-22)29(38-32-21)25-13-11-23(12-14-25)24-15-17-26(18-16-24)31(19-20-31)30(34)35/h3-5,7-8,11-18,27,33H,6,9-10,19-20H2,1-2H3,(H,34,35). The number of hydrogen-bond donors (Lipinski definition) is 2. The molecule has 4 aromatic rings. The molecular weight excluding hydrogens is 512 g/mol. The quantitative estimate of drug-likeness (QED) is 0.238. The molecular formula is C31H32N2O5S. The van der Waals surface area contributed by atoms with Crippen molar-refractivity contribution < 1.29 is 22.8 Å². The fourth-order valence-corrected chi connectivity index (χ4v) is 5.97. The number of sulfonamides is 1. The Morgan fingerprint density at radius 1 is 0.974 bits per heavy atom. The molecule has 1 fully saturated rings. The van der Waals surface area contributed by atoms with Crippen molar-refractivity contribution >= 4 is 16.0 Å². The molecule has 7 nitrogen and oxygen atoms in total. The van der Waals surface area contributed by atoms with Crippen LogP contribution in [0, 0.1) is 6.92 Å². The number of hydrogen-bond acceptors (Lipinski definition) is 5. The highest BCUT2D eigenvalue weighted by Gasteiger charge is 2.51. The molecule has 0 saturated heterocycles. The fraction of sp³-hybridized carbons (Fsp3) is 0.290. The normalized spacial score (nSPS) is 15.1. The average molecular weight is 545 g/mol. The van der Waals surface area contributed by atoms with Crippen LogP contribution in [0.25, 0.3) is 22.5 Å². The van der Waals surface area contributed by atoms with E-state index in [4.69, 9.17) is 4.52 Å². The van der Waals surface area contributed by atoms with Gasteiger partial charge in [-0.1, -0.05) is 84.0 Å². The molecule has 1 aliphatic carbocycles. The van der Waals surface area contributed by atoms with Gasteiger partial charge in [0.05, 0.1) is 23.4 Å². The molecule has 1 atom stereocenters. The van der Waals surface area contributed by atoms with Gasteiger partial charge in [0.25, 0.3) is 0 Å². The second-order valence-electron chi connectivity index (χ2n) is 10.4. The van der Waals surface area contributed by atoms with E-state index in [1.54, 1.807) is 0 Å². The van der Waals surface area contributed by atoms with E-state index in [-0.39, 0.29) is 0 Å². The molecule has 5 rings (SSSR count). The zero-order valence-corrected chi connectivity index (χ0v) is 22.9. The highest BCUT2D eigenvalue weighted by Crippen LogP contribution is 2.48. The maximum absolute atomic E-state index is 12.3. The Hall–Kier alpha value is -3.75. The molecule has 0 spiro atoms. The molecule has 202 valence electrons. The summed E-state index contributed by atoms with van der Waals surface area (Å²) in [6, 6.07) is 25.2. The molecule has 0 radical (unpaired) electrons. The van der Waals surface area contributed by atoms with E-state index in [2.05, 4.69) is 22.0 Å². The van der Waals surface area contributed by atoms with Gasteiger partial charge in [-0.2, -0.15) is 0 Å². The van der Waals surface area contributed by atoms with Crippen LogP contribution in [-0.4, -0.2) is 30.9 Å². The lowest BCUT2D eigenvalue weighted by Crippen LogP contribution is -2.28. The molecule has 8 heteroatoms. The SMILES string of the molecule is Cc1noc(-c2ccc(-c3ccc(C4(C(=O)O)CC4)cc3)cc2)c1C(CCCc1ccccc1)NS(C)(=O)=O. The number of carbonyl (C=O) groups is 1. The van der Waals surface area contributed by atoms with Crippen molar-refractivity contribution in [3.63, 3.8) is 0 Å². The minimum absolute atomic E-state index is 0.471. The summed E-state index contributed by atoms with van der Waals surface area (Å²) in [7, 11) is -3.47. The average Bonchev–Trinajstić information content (AvgIpc) is 3.65. The minimum atomic E-state index is -3.47. The van der Waals surface area contributed by atoms with Crippen molar-refractivity contribution in [2.45, 2.75) is 50.5 Å². The molecule has 39 heavy (non-hydrogen) atoms. The molecule has 1 saturated carbocycles. The van der Waals surface area contributed by atoms with Gasteiger partial charge < -0.3 is 9.63 Å². The Morgan fingerprint density at radius 3 is 2.13 bits per heavy atom. The number of nitrogens with zero attached hydrogens (tertiary/aromatic N) is 1. The Balaban J connectivity index is 1.37. The second-order valence-corrected chi connectivity index (χ2v) is 12.2. The van der Waals surface area contributed by atoms with Crippen molar-refractivity contribution in [1.29, 1.82) is 0 Å². The summed E-state index contributed by atoms with van der Waals surface area (Å²) in [5.41, 5.74) is 5.49. The Morgan fingerprint density at radius 2 is 1.56 bits per heavy atom. The minimum Gasteiger partial charge on any atom is -0.481 e. The predicted octanol–water partition coefficient (Wildman–Crippen LogP) is 6.05. The number of carboxylic acids is 1. The molecule has 1 heterocycles. The van der Waals surface area contributed by atoms with E-state index < -0.39 is 27.4 Å². The van der Waals surface area contributed by atoms with Gasteiger partial charge in [-0.15, -0.1) is 0 Å². The van der Waals surface area contributed by atoms with E-state index in [0.29, 0.717) is 30.7 Å². The van der Waals surface area contributed by atoms with E-state index >= 15 is 0 Å². The molecule has 0 bridgehead atoms. The number of aliphatic carboxylic acids is 1. The van der Waals surface area contributed by atoms with Gasteiger partial charge in [0.2, 0.25) is 10.0 Å². The van der Waals surface area contributed by atoms with Gasteiger partial charge in [-0.25, -0.2) is 13.1 Å². The summed E-state index contributed by atoms with van der Waals surface area (Å²) in [5, 5.41) is 13.7. The number of carboxylic acid groups (broad SMARTS) is 1. The third kappa shape index (κ3) is 5.97. The summed E-state index contributed by atoms with van der Waals surface area (Å²) >= 11 is 0. The van der Waals surface area contributed by atoms with Crippen LogP contribution in [0.1, 0.15) is 54.1 Å². The van der Waals surface area contributed by atoms with Gasteiger partial charge >= 0.3 is 5.97 Å². The maximum Gasteiger partial charge on any atom is 0.314 e. The third-order valence-corrected chi connectivity index (χ3v) is 8.20. The fourth-order valence-electron chi connectivity index (χ4n) is 5.22. The first-order chi connectivity index (χ1) is 18.7. The maximum atomic E-state index is 12.3. The number of rotatable bonds is 11. The van der Waals surface area contributed by atoms with Gasteiger partial charge in [0.15, 0.2) is 5.76 Å². The van der Waals surface area contributed by atoms with Crippen LogP contribution in [0.5, 0.6) is 0 Å². The number of benzene rings is 3. The highest BCUT2D eigenvalue weighted by atomic mass is 32.2. The summed E-state index contributed by atoms with van der Waals surface area (Å²) < 4.78 is 33.0. The van der Waals surface area contributed by atoms with Gasteiger partial charge in [0, 0.05) is 11.1 Å². The molecule has 2 N–H and O–H groups in total. The van der Waals surface area contributed by atoms with Gasteiger partial charge in [-0.05, 0) is 61.3 Å². The summed E-state index contributed by atoms with van der Waals surface area (Å²) in [5.74, 6) is -0.214. The number of nitrogens with one attached hydrogen (secondary N) is 1. The van der Waals surface area contributed by atoms with Crippen LogP contribution < -0.4 is 4.72 Å². The molecule has 1 aliphatic rings. The van der Waals surface area contributed by atoms with Crippen LogP contribution in [0.2, 0.25) is 0 Å². The zero-order valence-electron chi connectivity index (χ0n) is 22.1. The van der Waals surface area contributed by atoms with Crippen molar-refractivity contribution in [3.8, 4) is 22.5 Å². The van der Waals surface area contributed by atoms with Crippen LogP contribution >= 0.6 is 0 Å². The largest absolute Gasteiger partial charge is 0.481 e. The van der Waals surface area contributed by atoms with Crippen molar-refractivity contribution in [2.75, 3.05) is 6.26 Å². The number of aryl methyl sites for hydroxylation is 2. The molecule has 1 aromatic heterocycles. The summed E-state index contributed by atoms with van der Waals surface area (Å²) in [4.78, 5) is 11.6. The van der Waals surface area contributed by atoms with Crippen LogP contribution in [0.3, 0.4) is 0 Å². The first-order valence-electron chi connectivity index (χ1n) is 13.1. The highest BCUT2D eigenvalue weighted by molar-refractivity contribution is 7.88.